The van der Waals surface area contributed by atoms with Gasteiger partial charge in [0.25, 0.3) is 0 Å². The number of hydrogen-bond acceptors (Lipinski definition) is 4. The molecule has 37 heavy (non-hydrogen) atoms. The Morgan fingerprint density at radius 2 is 1.81 bits per heavy atom. The number of nitrogens with one attached hydrogen (secondary N) is 1. The van der Waals surface area contributed by atoms with E-state index < -0.39 is 5.97 Å². The van der Waals surface area contributed by atoms with Gasteiger partial charge in [0.1, 0.15) is 11.6 Å². The van der Waals surface area contributed by atoms with Crippen LogP contribution in [0.25, 0.3) is 11.1 Å². The summed E-state index contributed by atoms with van der Waals surface area (Å²) >= 11 is 1.13. The lowest BCUT2D eigenvalue weighted by atomic mass is 9.77. The summed E-state index contributed by atoms with van der Waals surface area (Å²) in [5.74, 6) is 0.559. The van der Waals surface area contributed by atoms with Gasteiger partial charge in [-0.2, -0.15) is 0 Å². The van der Waals surface area contributed by atoms with E-state index >= 15 is 4.39 Å². The Morgan fingerprint density at radius 3 is 2.49 bits per heavy atom. The molecule has 0 unspecified atom stereocenters. The molecule has 1 saturated carbocycles. The van der Waals surface area contributed by atoms with Gasteiger partial charge in [-0.25, -0.2) is 9.18 Å². The smallest absolute Gasteiger partial charge is 0.335 e. The second-order valence-corrected chi connectivity index (χ2v) is 10.7. The van der Waals surface area contributed by atoms with Crippen molar-refractivity contribution in [2.24, 2.45) is 5.92 Å². The SMILES string of the molecule is CCCCCC1CCC(c2ccc(-c3cccc(SNc4ccc(C(=O)O)cc4OC)c3F)cc2)CC1. The van der Waals surface area contributed by atoms with Crippen molar-refractivity contribution < 1.29 is 19.0 Å². The lowest BCUT2D eigenvalue weighted by Gasteiger charge is -2.29. The molecular formula is C31H36FNO3S. The van der Waals surface area contributed by atoms with Gasteiger partial charge in [0.05, 0.1) is 23.3 Å². The Labute approximate surface area is 223 Å². The van der Waals surface area contributed by atoms with Crippen LogP contribution in [0.1, 0.15) is 80.1 Å². The molecule has 0 heterocycles. The Kier molecular flexibility index (Phi) is 9.51. The molecule has 1 fully saturated rings. The van der Waals surface area contributed by atoms with Gasteiger partial charge in [0.2, 0.25) is 0 Å². The highest BCUT2D eigenvalue weighted by molar-refractivity contribution is 8.00. The minimum atomic E-state index is -1.03. The fraction of sp³-hybridized carbons (Fsp3) is 0.387. The van der Waals surface area contributed by atoms with E-state index in [0.717, 1.165) is 23.4 Å². The lowest BCUT2D eigenvalue weighted by molar-refractivity contribution is 0.0696. The Bertz CT molecular complexity index is 1190. The third-order valence-corrected chi connectivity index (χ3v) is 8.30. The van der Waals surface area contributed by atoms with E-state index in [2.05, 4.69) is 23.8 Å². The topological polar surface area (TPSA) is 58.6 Å². The zero-order valence-electron chi connectivity index (χ0n) is 21.6. The van der Waals surface area contributed by atoms with Crippen molar-refractivity contribution in [2.75, 3.05) is 11.8 Å². The van der Waals surface area contributed by atoms with Crippen LogP contribution >= 0.6 is 11.9 Å². The number of anilines is 1. The van der Waals surface area contributed by atoms with Crippen LogP contribution in [-0.4, -0.2) is 18.2 Å². The first-order valence-electron chi connectivity index (χ1n) is 13.2. The quantitative estimate of drug-likeness (QED) is 0.195. The van der Waals surface area contributed by atoms with Crippen LogP contribution in [0.15, 0.2) is 65.6 Å². The summed E-state index contributed by atoms with van der Waals surface area (Å²) in [6.07, 6.45) is 10.5. The number of aromatic carboxylic acids is 1. The maximum Gasteiger partial charge on any atom is 0.335 e. The standard InChI is InChI=1S/C31H36FNO3S/c1-3-4-5-7-21-10-12-22(13-11-21)23-14-16-24(17-15-23)26-8-6-9-29(30(26)32)37-33-27-19-18-25(31(34)35)20-28(27)36-2/h6,8-9,14-22,33H,3-5,7,10-13H2,1-2H3,(H,34,35). The third kappa shape index (κ3) is 6.86. The molecule has 0 atom stereocenters. The highest BCUT2D eigenvalue weighted by atomic mass is 32.2. The summed E-state index contributed by atoms with van der Waals surface area (Å²) in [5, 5.41) is 9.19. The largest absolute Gasteiger partial charge is 0.495 e. The van der Waals surface area contributed by atoms with E-state index in [9.17, 15) is 9.90 Å². The van der Waals surface area contributed by atoms with Crippen LogP contribution in [0.5, 0.6) is 5.75 Å². The average molecular weight is 522 g/mol. The van der Waals surface area contributed by atoms with Crippen molar-refractivity contribution in [3.63, 3.8) is 0 Å². The summed E-state index contributed by atoms with van der Waals surface area (Å²) in [4.78, 5) is 11.7. The van der Waals surface area contributed by atoms with Crippen molar-refractivity contribution in [1.29, 1.82) is 0 Å². The number of unbranched alkanes of at least 4 members (excludes halogenated alkanes) is 2. The second-order valence-electron chi connectivity index (χ2n) is 9.88. The van der Waals surface area contributed by atoms with Crippen molar-refractivity contribution in [1.82, 2.24) is 0 Å². The molecule has 3 aromatic rings. The van der Waals surface area contributed by atoms with Crippen LogP contribution in [0.3, 0.4) is 0 Å². The number of carbonyl (C=O) groups is 1. The zero-order chi connectivity index (χ0) is 26.2. The van der Waals surface area contributed by atoms with E-state index in [4.69, 9.17) is 4.74 Å². The minimum Gasteiger partial charge on any atom is -0.495 e. The second kappa shape index (κ2) is 13.0. The predicted molar refractivity (Wildman–Crippen MR) is 150 cm³/mol. The fourth-order valence-electron chi connectivity index (χ4n) is 5.23. The minimum absolute atomic E-state index is 0.129. The molecular weight excluding hydrogens is 485 g/mol. The van der Waals surface area contributed by atoms with Crippen molar-refractivity contribution in [3.8, 4) is 16.9 Å². The molecule has 0 aromatic heterocycles. The number of methoxy groups -OCH3 is 1. The molecule has 3 aromatic carbocycles. The number of carboxylic acid groups (broad SMARTS) is 1. The van der Waals surface area contributed by atoms with Crippen molar-refractivity contribution in [3.05, 3.63) is 77.6 Å². The zero-order valence-corrected chi connectivity index (χ0v) is 22.5. The molecule has 2 N–H and O–H groups in total. The number of ether oxygens (including phenoxy) is 1. The Balaban J connectivity index is 1.40. The van der Waals surface area contributed by atoms with Gasteiger partial charge in [-0.3, -0.25) is 0 Å². The monoisotopic (exact) mass is 521 g/mol. The number of rotatable bonds is 11. The average Bonchev–Trinajstić information content (AvgIpc) is 2.93. The molecule has 0 bridgehead atoms. The first-order chi connectivity index (χ1) is 18.0. The molecule has 4 rings (SSSR count). The van der Waals surface area contributed by atoms with Gasteiger partial charge >= 0.3 is 5.97 Å². The van der Waals surface area contributed by atoms with Crippen LogP contribution in [0, 0.1) is 11.7 Å². The van der Waals surface area contributed by atoms with Crippen LogP contribution in [0.2, 0.25) is 0 Å². The number of halogens is 1. The summed E-state index contributed by atoms with van der Waals surface area (Å²) in [6.45, 7) is 2.26. The number of benzene rings is 3. The summed E-state index contributed by atoms with van der Waals surface area (Å²) in [6, 6.07) is 18.3. The van der Waals surface area contributed by atoms with Gasteiger partial charge in [-0.15, -0.1) is 0 Å². The molecule has 0 saturated heterocycles. The Hall–Kier alpha value is -2.99. The van der Waals surface area contributed by atoms with E-state index in [1.807, 2.05) is 18.2 Å². The molecule has 1 aliphatic rings. The molecule has 0 spiro atoms. The third-order valence-electron chi connectivity index (χ3n) is 7.44. The first-order valence-corrected chi connectivity index (χ1v) is 14.0. The summed E-state index contributed by atoms with van der Waals surface area (Å²) in [5.41, 5.74) is 3.49. The maximum atomic E-state index is 15.5. The lowest BCUT2D eigenvalue weighted by Crippen LogP contribution is -2.13. The van der Waals surface area contributed by atoms with Crippen LogP contribution in [0.4, 0.5) is 10.1 Å². The first kappa shape index (κ1) is 27.1. The molecule has 0 radical (unpaired) electrons. The maximum absolute atomic E-state index is 15.5. The predicted octanol–water partition coefficient (Wildman–Crippen LogP) is 9.17. The Morgan fingerprint density at radius 1 is 1.05 bits per heavy atom. The number of hydrogen-bond donors (Lipinski definition) is 2. The van der Waals surface area contributed by atoms with Gasteiger partial charge in [0.15, 0.2) is 0 Å². The molecule has 0 aliphatic heterocycles. The van der Waals surface area contributed by atoms with E-state index in [1.165, 1.54) is 76.2 Å². The molecule has 196 valence electrons. The van der Waals surface area contributed by atoms with Crippen molar-refractivity contribution >= 4 is 23.6 Å². The molecule has 0 amide bonds. The molecule has 1 aliphatic carbocycles. The highest BCUT2D eigenvalue weighted by Crippen LogP contribution is 2.39. The van der Waals surface area contributed by atoms with Gasteiger partial charge in [0, 0.05) is 5.56 Å². The van der Waals surface area contributed by atoms with Gasteiger partial charge in [-0.05, 0) is 84.9 Å². The molecule has 6 heteroatoms. The summed E-state index contributed by atoms with van der Waals surface area (Å²) in [7, 11) is 1.47. The van der Waals surface area contributed by atoms with Crippen LogP contribution in [-0.2, 0) is 0 Å². The highest BCUT2D eigenvalue weighted by Gasteiger charge is 2.22. The fourth-order valence-corrected chi connectivity index (χ4v) is 5.97. The molecule has 4 nitrogen and oxygen atoms in total. The van der Waals surface area contributed by atoms with E-state index in [1.54, 1.807) is 18.2 Å². The summed E-state index contributed by atoms with van der Waals surface area (Å²) < 4.78 is 23.9. The van der Waals surface area contributed by atoms with E-state index in [0.29, 0.717) is 27.8 Å². The normalized spacial score (nSPS) is 17.4. The number of carboxylic acids is 1. The van der Waals surface area contributed by atoms with Crippen molar-refractivity contribution in [2.45, 2.75) is 69.1 Å². The van der Waals surface area contributed by atoms with Crippen LogP contribution < -0.4 is 9.46 Å². The van der Waals surface area contributed by atoms with E-state index in [-0.39, 0.29) is 11.4 Å². The van der Waals surface area contributed by atoms with Gasteiger partial charge < -0.3 is 14.6 Å². The van der Waals surface area contributed by atoms with Gasteiger partial charge in [-0.1, -0.05) is 69.0 Å².